The second-order valence-electron chi connectivity index (χ2n) is 5.02. The number of benzene rings is 1. The minimum atomic E-state index is -0.344. The molecule has 5 N–H and O–H groups in total. The Morgan fingerprint density at radius 3 is 2.37 bits per heavy atom. The molecule has 4 nitrogen and oxygen atoms in total. The minimum absolute atomic E-state index is 0. The number of primary amides is 1. The molecule has 1 aromatic rings. The molecule has 0 aliphatic heterocycles. The number of hydrogen-bond donors (Lipinski definition) is 3. The molecule has 1 atom stereocenters. The fourth-order valence-corrected chi connectivity index (χ4v) is 1.98. The van der Waals surface area contributed by atoms with Crippen molar-refractivity contribution in [1.82, 2.24) is 5.32 Å². The van der Waals surface area contributed by atoms with Crippen LogP contribution in [0.2, 0.25) is 0 Å². The van der Waals surface area contributed by atoms with Crippen LogP contribution in [0, 0.1) is 0 Å². The van der Waals surface area contributed by atoms with Gasteiger partial charge in [-0.25, -0.2) is 0 Å². The van der Waals surface area contributed by atoms with Gasteiger partial charge >= 0.3 is 0 Å². The molecule has 0 aliphatic carbocycles. The number of nitrogens with one attached hydrogen (secondary N) is 1. The molecule has 0 aliphatic rings. The summed E-state index contributed by atoms with van der Waals surface area (Å²) in [4.78, 5) is 11.4. The summed E-state index contributed by atoms with van der Waals surface area (Å²) in [5, 5.41) is 3.31. The summed E-state index contributed by atoms with van der Waals surface area (Å²) in [6.07, 6.45) is 1.45. The van der Waals surface area contributed by atoms with Gasteiger partial charge in [0.2, 0.25) is 5.91 Å². The zero-order chi connectivity index (χ0) is 13.6. The summed E-state index contributed by atoms with van der Waals surface area (Å²) in [6.45, 7) is 4.65. The summed E-state index contributed by atoms with van der Waals surface area (Å²) in [7, 11) is 0. The van der Waals surface area contributed by atoms with Gasteiger partial charge < -0.3 is 11.5 Å². The van der Waals surface area contributed by atoms with Crippen molar-refractivity contribution in [2.75, 3.05) is 6.54 Å². The monoisotopic (exact) mass is 285 g/mol. The third-order valence-electron chi connectivity index (χ3n) is 3.07. The Hall–Kier alpha value is -1.10. The molecular formula is C14H24ClN3O. The van der Waals surface area contributed by atoms with E-state index in [0.717, 1.165) is 12.0 Å². The molecule has 0 unspecified atom stereocenters. The zero-order valence-corrected chi connectivity index (χ0v) is 12.4. The van der Waals surface area contributed by atoms with Crippen LogP contribution in [0.15, 0.2) is 30.3 Å². The molecule has 0 spiro atoms. The molecule has 0 heterocycles. The van der Waals surface area contributed by atoms with Gasteiger partial charge in [0.15, 0.2) is 0 Å². The third kappa shape index (κ3) is 5.59. The maximum absolute atomic E-state index is 11.4. The molecule has 5 heteroatoms. The Kier molecular flexibility index (Phi) is 7.68. The van der Waals surface area contributed by atoms with E-state index in [0.29, 0.717) is 13.0 Å². The number of rotatable bonds is 7. The number of amides is 1. The van der Waals surface area contributed by atoms with Gasteiger partial charge in [-0.05, 0) is 38.8 Å². The lowest BCUT2D eigenvalue weighted by Crippen LogP contribution is -2.50. The quantitative estimate of drug-likeness (QED) is 0.710. The molecule has 0 saturated heterocycles. The molecule has 19 heavy (non-hydrogen) atoms. The van der Waals surface area contributed by atoms with E-state index < -0.39 is 0 Å². The van der Waals surface area contributed by atoms with Gasteiger partial charge in [0, 0.05) is 5.54 Å². The minimum Gasteiger partial charge on any atom is -0.368 e. The second-order valence-corrected chi connectivity index (χ2v) is 5.02. The van der Waals surface area contributed by atoms with Crippen LogP contribution in [0.4, 0.5) is 0 Å². The van der Waals surface area contributed by atoms with E-state index in [9.17, 15) is 4.79 Å². The van der Waals surface area contributed by atoms with Crippen molar-refractivity contribution < 1.29 is 4.79 Å². The number of carbonyl (C=O) groups excluding carboxylic acids is 1. The Morgan fingerprint density at radius 2 is 1.89 bits per heavy atom. The maximum atomic E-state index is 11.4. The summed E-state index contributed by atoms with van der Waals surface area (Å²) < 4.78 is 0. The molecule has 0 bridgehead atoms. The van der Waals surface area contributed by atoms with Crippen LogP contribution < -0.4 is 16.8 Å². The number of carbonyl (C=O) groups is 1. The van der Waals surface area contributed by atoms with Crippen molar-refractivity contribution >= 4 is 18.3 Å². The average Bonchev–Trinajstić information content (AvgIpc) is 2.35. The fraction of sp³-hybridized carbons (Fsp3) is 0.500. The van der Waals surface area contributed by atoms with Gasteiger partial charge in [0.1, 0.15) is 0 Å². The Balaban J connectivity index is 0.00000324. The highest BCUT2D eigenvalue weighted by Crippen LogP contribution is 2.20. The van der Waals surface area contributed by atoms with Gasteiger partial charge in [-0.15, -0.1) is 12.4 Å². The van der Waals surface area contributed by atoms with Crippen LogP contribution in [0.5, 0.6) is 0 Å². The van der Waals surface area contributed by atoms with Crippen molar-refractivity contribution in [2.24, 2.45) is 11.5 Å². The van der Waals surface area contributed by atoms with E-state index in [1.165, 1.54) is 0 Å². The summed E-state index contributed by atoms with van der Waals surface area (Å²) in [5.74, 6) is -0.326. The first-order valence-electron chi connectivity index (χ1n) is 6.30. The maximum Gasteiger partial charge on any atom is 0.234 e. The lowest BCUT2D eigenvalue weighted by molar-refractivity contribution is -0.120. The predicted molar refractivity (Wildman–Crippen MR) is 81.1 cm³/mol. The van der Waals surface area contributed by atoms with Crippen LogP contribution in [0.25, 0.3) is 0 Å². The molecular weight excluding hydrogens is 262 g/mol. The van der Waals surface area contributed by atoms with Crippen molar-refractivity contribution in [3.8, 4) is 0 Å². The van der Waals surface area contributed by atoms with Crippen LogP contribution in [0.1, 0.15) is 32.3 Å². The molecule has 0 radical (unpaired) electrons. The second kappa shape index (κ2) is 8.15. The molecule has 0 aromatic heterocycles. The van der Waals surface area contributed by atoms with Crippen molar-refractivity contribution in [2.45, 2.75) is 38.3 Å². The van der Waals surface area contributed by atoms with Crippen molar-refractivity contribution in [1.29, 1.82) is 0 Å². The zero-order valence-electron chi connectivity index (χ0n) is 11.6. The predicted octanol–water partition coefficient (Wildman–Crippen LogP) is 1.53. The van der Waals surface area contributed by atoms with Gasteiger partial charge in [0.25, 0.3) is 0 Å². The van der Waals surface area contributed by atoms with E-state index >= 15 is 0 Å². The van der Waals surface area contributed by atoms with E-state index in [4.69, 9.17) is 11.5 Å². The van der Waals surface area contributed by atoms with E-state index in [-0.39, 0.29) is 29.9 Å². The lowest BCUT2D eigenvalue weighted by atomic mass is 9.92. The largest absolute Gasteiger partial charge is 0.368 e. The van der Waals surface area contributed by atoms with E-state index in [1.807, 2.05) is 44.2 Å². The average molecular weight is 286 g/mol. The summed E-state index contributed by atoms with van der Waals surface area (Å²) >= 11 is 0. The van der Waals surface area contributed by atoms with E-state index in [2.05, 4.69) is 5.32 Å². The fourth-order valence-electron chi connectivity index (χ4n) is 1.98. The Labute approximate surface area is 121 Å². The summed E-state index contributed by atoms with van der Waals surface area (Å²) in [5.41, 5.74) is 11.7. The molecule has 1 rings (SSSR count). The molecule has 0 fully saturated rings. The first kappa shape index (κ1) is 17.9. The van der Waals surface area contributed by atoms with Gasteiger partial charge in [0.05, 0.1) is 6.04 Å². The SMILES string of the molecule is CC(C)(N[C@@H](CCCN)C(N)=O)c1ccccc1.Cl. The molecule has 1 amide bonds. The first-order valence-corrected chi connectivity index (χ1v) is 6.30. The molecule has 108 valence electrons. The highest BCUT2D eigenvalue weighted by molar-refractivity contribution is 5.85. The van der Waals surface area contributed by atoms with Crippen LogP contribution in [-0.4, -0.2) is 18.5 Å². The standard InChI is InChI=1S/C14H23N3O.ClH/c1-14(2,11-7-4-3-5-8-11)17-12(13(16)18)9-6-10-15;/h3-5,7-8,12,17H,6,9-10,15H2,1-2H3,(H2,16,18);1H/t12-;/m0./s1. The number of nitrogens with two attached hydrogens (primary N) is 2. The molecule has 0 saturated carbocycles. The number of halogens is 1. The smallest absolute Gasteiger partial charge is 0.234 e. The van der Waals surface area contributed by atoms with Crippen LogP contribution >= 0.6 is 12.4 Å². The van der Waals surface area contributed by atoms with Crippen LogP contribution in [0.3, 0.4) is 0 Å². The van der Waals surface area contributed by atoms with Gasteiger partial charge in [-0.3, -0.25) is 10.1 Å². The summed E-state index contributed by atoms with van der Waals surface area (Å²) in [6, 6.07) is 9.67. The van der Waals surface area contributed by atoms with Gasteiger partial charge in [-0.1, -0.05) is 30.3 Å². The topological polar surface area (TPSA) is 81.1 Å². The Morgan fingerprint density at radius 1 is 1.32 bits per heavy atom. The van der Waals surface area contributed by atoms with Gasteiger partial charge in [-0.2, -0.15) is 0 Å². The third-order valence-corrected chi connectivity index (χ3v) is 3.07. The van der Waals surface area contributed by atoms with Crippen molar-refractivity contribution in [3.05, 3.63) is 35.9 Å². The lowest BCUT2D eigenvalue weighted by Gasteiger charge is -2.31. The molecule has 1 aromatic carbocycles. The van der Waals surface area contributed by atoms with E-state index in [1.54, 1.807) is 0 Å². The van der Waals surface area contributed by atoms with Crippen molar-refractivity contribution in [3.63, 3.8) is 0 Å². The normalized spacial score (nSPS) is 12.6. The first-order chi connectivity index (χ1) is 8.47. The van der Waals surface area contributed by atoms with Crippen LogP contribution in [-0.2, 0) is 10.3 Å². The Bertz CT molecular complexity index is 382. The highest BCUT2D eigenvalue weighted by atomic mass is 35.5. The highest BCUT2D eigenvalue weighted by Gasteiger charge is 2.26. The number of hydrogen-bond acceptors (Lipinski definition) is 3.